The van der Waals surface area contributed by atoms with Crippen LogP contribution in [0, 0.1) is 6.92 Å². The van der Waals surface area contributed by atoms with Crippen molar-refractivity contribution in [3.05, 3.63) is 100 Å². The maximum Gasteiger partial charge on any atom is 0.265 e. The number of benzene rings is 3. The summed E-state index contributed by atoms with van der Waals surface area (Å²) >= 11 is 0. The number of amides is 1. The molecular weight excluding hydrogens is 402 g/mol. The topological polar surface area (TPSA) is 64.4 Å². The fraction of sp³-hybridized carbons (Fsp3) is 0.192. The molecule has 6 nitrogen and oxygen atoms in total. The molecule has 0 fully saturated rings. The first kappa shape index (κ1) is 21.3. The minimum Gasteiger partial charge on any atom is -0.496 e. The van der Waals surface area contributed by atoms with Crippen molar-refractivity contribution >= 4 is 16.8 Å². The van der Waals surface area contributed by atoms with Crippen LogP contribution in [0.3, 0.4) is 0 Å². The van der Waals surface area contributed by atoms with E-state index in [0.717, 1.165) is 11.3 Å². The zero-order valence-electron chi connectivity index (χ0n) is 18.6. The van der Waals surface area contributed by atoms with E-state index in [1.54, 1.807) is 60.9 Å². The van der Waals surface area contributed by atoms with Gasteiger partial charge in [-0.05, 0) is 56.3 Å². The van der Waals surface area contributed by atoms with Crippen LogP contribution in [0.2, 0.25) is 0 Å². The average molecular weight is 428 g/mol. The van der Waals surface area contributed by atoms with Crippen LogP contribution in [0.4, 0.5) is 0 Å². The van der Waals surface area contributed by atoms with E-state index in [-0.39, 0.29) is 17.5 Å². The molecule has 1 heterocycles. The second-order valence-corrected chi connectivity index (χ2v) is 7.70. The van der Waals surface area contributed by atoms with Crippen molar-refractivity contribution in [2.24, 2.45) is 0 Å². The number of para-hydroxylation sites is 2. The van der Waals surface area contributed by atoms with Gasteiger partial charge < -0.3 is 9.64 Å². The van der Waals surface area contributed by atoms with Crippen LogP contribution in [0.5, 0.6) is 5.75 Å². The first-order valence-electron chi connectivity index (χ1n) is 10.4. The van der Waals surface area contributed by atoms with Gasteiger partial charge in [0.15, 0.2) is 0 Å². The number of carbonyl (C=O) groups excluding carboxylic acids is 1. The summed E-state index contributed by atoms with van der Waals surface area (Å²) in [4.78, 5) is 32.4. The van der Waals surface area contributed by atoms with Gasteiger partial charge in [-0.1, -0.05) is 30.3 Å². The Morgan fingerprint density at radius 2 is 1.66 bits per heavy atom. The number of ether oxygens (including phenoxy) is 1. The third kappa shape index (κ3) is 3.75. The lowest BCUT2D eigenvalue weighted by atomic mass is 10.0. The number of carbonyl (C=O) groups is 1. The minimum absolute atomic E-state index is 0.115. The lowest BCUT2D eigenvalue weighted by Gasteiger charge is -2.26. The van der Waals surface area contributed by atoms with Crippen molar-refractivity contribution in [1.82, 2.24) is 14.5 Å². The summed E-state index contributed by atoms with van der Waals surface area (Å²) in [5.41, 5.74) is 2.69. The van der Waals surface area contributed by atoms with Crippen LogP contribution >= 0.6 is 0 Å². The van der Waals surface area contributed by atoms with E-state index in [0.29, 0.717) is 28.0 Å². The van der Waals surface area contributed by atoms with Gasteiger partial charge in [0, 0.05) is 18.2 Å². The van der Waals surface area contributed by atoms with E-state index in [1.165, 1.54) is 0 Å². The molecule has 6 heteroatoms. The summed E-state index contributed by atoms with van der Waals surface area (Å²) in [6, 6.07) is 21.8. The van der Waals surface area contributed by atoms with Crippen LogP contribution in [-0.4, -0.2) is 34.5 Å². The summed E-state index contributed by atoms with van der Waals surface area (Å²) in [6.07, 6.45) is 0. The summed E-state index contributed by atoms with van der Waals surface area (Å²) in [7, 11) is 3.40. The lowest BCUT2D eigenvalue weighted by Crippen LogP contribution is -2.30. The predicted molar refractivity (Wildman–Crippen MR) is 126 cm³/mol. The van der Waals surface area contributed by atoms with Crippen LogP contribution in [0.1, 0.15) is 34.7 Å². The molecule has 0 saturated heterocycles. The van der Waals surface area contributed by atoms with Crippen LogP contribution in [0.15, 0.2) is 77.6 Å². The Kier molecular flexibility index (Phi) is 5.77. The molecule has 0 saturated carbocycles. The molecule has 0 radical (unpaired) electrons. The van der Waals surface area contributed by atoms with Gasteiger partial charge in [0.1, 0.15) is 11.6 Å². The van der Waals surface area contributed by atoms with Gasteiger partial charge >= 0.3 is 0 Å². The molecule has 0 spiro atoms. The SMILES string of the molecule is COc1ccccc1[C@H](C)N(C)C(=O)c1ccc(-n2c(C)nc3ccccc3c2=O)cc1. The normalized spacial score (nSPS) is 11.9. The Labute approximate surface area is 186 Å². The number of methoxy groups -OCH3 is 1. The van der Waals surface area contributed by atoms with Gasteiger partial charge in [0.05, 0.1) is 29.7 Å². The van der Waals surface area contributed by atoms with Gasteiger partial charge in [-0.15, -0.1) is 0 Å². The summed E-state index contributed by atoms with van der Waals surface area (Å²) in [5, 5.41) is 0.559. The Hall–Kier alpha value is -3.93. The van der Waals surface area contributed by atoms with Crippen molar-refractivity contribution in [3.63, 3.8) is 0 Å². The third-order valence-corrected chi connectivity index (χ3v) is 5.81. The molecule has 162 valence electrons. The molecule has 0 aliphatic heterocycles. The molecule has 1 aromatic heterocycles. The largest absolute Gasteiger partial charge is 0.496 e. The molecule has 0 aliphatic rings. The van der Waals surface area contributed by atoms with E-state index < -0.39 is 0 Å². The van der Waals surface area contributed by atoms with Crippen molar-refractivity contribution in [3.8, 4) is 11.4 Å². The Morgan fingerprint density at radius 3 is 2.38 bits per heavy atom. The smallest absolute Gasteiger partial charge is 0.265 e. The highest BCUT2D eigenvalue weighted by Crippen LogP contribution is 2.29. The van der Waals surface area contributed by atoms with E-state index in [9.17, 15) is 9.59 Å². The van der Waals surface area contributed by atoms with Gasteiger partial charge in [-0.3, -0.25) is 14.2 Å². The maximum absolute atomic E-state index is 13.1. The number of aryl methyl sites for hydroxylation is 1. The van der Waals surface area contributed by atoms with E-state index in [1.807, 2.05) is 49.4 Å². The lowest BCUT2D eigenvalue weighted by molar-refractivity contribution is 0.0741. The highest BCUT2D eigenvalue weighted by molar-refractivity contribution is 5.94. The molecular formula is C26H25N3O3. The molecule has 1 atom stereocenters. The standard InChI is InChI=1S/C26H25N3O3/c1-17(21-9-6-8-12-24(21)32-4)28(3)25(30)19-13-15-20(16-14-19)29-18(2)27-23-11-7-5-10-22(23)26(29)31/h5-17H,1-4H3/t17-/m0/s1. The minimum atomic E-state index is -0.173. The Morgan fingerprint density at radius 1 is 1.00 bits per heavy atom. The number of rotatable bonds is 5. The molecule has 0 unspecified atom stereocenters. The monoisotopic (exact) mass is 427 g/mol. The van der Waals surface area contributed by atoms with E-state index in [2.05, 4.69) is 4.98 Å². The summed E-state index contributed by atoms with van der Waals surface area (Å²) in [6.45, 7) is 3.77. The van der Waals surface area contributed by atoms with Crippen molar-refractivity contribution in [2.75, 3.05) is 14.2 Å². The molecule has 0 aliphatic carbocycles. The maximum atomic E-state index is 13.1. The highest BCUT2D eigenvalue weighted by Gasteiger charge is 2.21. The van der Waals surface area contributed by atoms with Crippen molar-refractivity contribution in [1.29, 1.82) is 0 Å². The fourth-order valence-electron chi connectivity index (χ4n) is 3.90. The first-order valence-corrected chi connectivity index (χ1v) is 10.4. The number of hydrogen-bond acceptors (Lipinski definition) is 4. The Bertz CT molecular complexity index is 1340. The van der Waals surface area contributed by atoms with E-state index >= 15 is 0 Å². The molecule has 4 rings (SSSR count). The van der Waals surface area contributed by atoms with Gasteiger partial charge in [-0.2, -0.15) is 0 Å². The molecule has 0 N–H and O–H groups in total. The highest BCUT2D eigenvalue weighted by atomic mass is 16.5. The van der Waals surface area contributed by atoms with E-state index in [4.69, 9.17) is 4.74 Å². The van der Waals surface area contributed by atoms with Crippen molar-refractivity contribution < 1.29 is 9.53 Å². The number of hydrogen-bond donors (Lipinski definition) is 0. The van der Waals surface area contributed by atoms with Crippen LogP contribution < -0.4 is 10.3 Å². The molecule has 32 heavy (non-hydrogen) atoms. The average Bonchev–Trinajstić information content (AvgIpc) is 2.83. The van der Waals surface area contributed by atoms with Crippen molar-refractivity contribution in [2.45, 2.75) is 19.9 Å². The zero-order valence-corrected chi connectivity index (χ0v) is 18.6. The Balaban J connectivity index is 1.64. The van der Waals surface area contributed by atoms with Gasteiger partial charge in [-0.25, -0.2) is 4.98 Å². The predicted octanol–water partition coefficient (Wildman–Crippen LogP) is 4.54. The number of aromatic nitrogens is 2. The first-order chi connectivity index (χ1) is 15.4. The number of fused-ring (bicyclic) bond motifs is 1. The molecule has 4 aromatic rings. The zero-order chi connectivity index (χ0) is 22.8. The summed E-state index contributed by atoms with van der Waals surface area (Å²) < 4.78 is 7.01. The van der Waals surface area contributed by atoms with Crippen LogP contribution in [0.25, 0.3) is 16.6 Å². The van der Waals surface area contributed by atoms with Crippen LogP contribution in [-0.2, 0) is 0 Å². The summed E-state index contributed by atoms with van der Waals surface area (Å²) in [5.74, 6) is 1.22. The van der Waals surface area contributed by atoms with Gasteiger partial charge in [0.25, 0.3) is 11.5 Å². The molecule has 0 bridgehead atoms. The second-order valence-electron chi connectivity index (χ2n) is 7.70. The third-order valence-electron chi connectivity index (χ3n) is 5.81. The van der Waals surface area contributed by atoms with Gasteiger partial charge in [0.2, 0.25) is 0 Å². The molecule has 3 aromatic carbocycles. The number of nitrogens with zero attached hydrogens (tertiary/aromatic N) is 3. The second kappa shape index (κ2) is 8.67. The molecule has 1 amide bonds. The quantitative estimate of drug-likeness (QED) is 0.469. The fourth-order valence-corrected chi connectivity index (χ4v) is 3.90.